The number of benzene rings is 2. The Morgan fingerprint density at radius 3 is 2.38 bits per heavy atom. The molecule has 1 aliphatic heterocycles. The predicted molar refractivity (Wildman–Crippen MR) is 123 cm³/mol. The van der Waals surface area contributed by atoms with Crippen molar-refractivity contribution in [2.24, 2.45) is 0 Å². The summed E-state index contributed by atoms with van der Waals surface area (Å²) in [5.74, 6) is -0.284. The van der Waals surface area contributed by atoms with E-state index in [-0.39, 0.29) is 24.5 Å². The lowest BCUT2D eigenvalue weighted by atomic mass is 10.00. The van der Waals surface area contributed by atoms with Gasteiger partial charge in [-0.25, -0.2) is 0 Å². The summed E-state index contributed by atoms with van der Waals surface area (Å²) < 4.78 is 10.9. The van der Waals surface area contributed by atoms with Gasteiger partial charge < -0.3 is 19.5 Å². The fourth-order valence-electron chi connectivity index (χ4n) is 3.55. The third kappa shape index (κ3) is 4.35. The van der Waals surface area contributed by atoms with Crippen molar-refractivity contribution in [3.05, 3.63) is 87.1 Å². The number of aliphatic hydroxyl groups excluding tert-OH is 1. The van der Waals surface area contributed by atoms with Crippen LogP contribution < -0.4 is 9.47 Å². The molecule has 2 heterocycles. The van der Waals surface area contributed by atoms with Crippen molar-refractivity contribution >= 4 is 40.4 Å². The fraction of sp³-hybridized carbons (Fsp3) is 0.167. The van der Waals surface area contributed by atoms with Crippen molar-refractivity contribution in [3.63, 3.8) is 0 Å². The maximum atomic E-state index is 12.9. The zero-order chi connectivity index (χ0) is 22.7. The van der Waals surface area contributed by atoms with Gasteiger partial charge in [-0.3, -0.25) is 9.59 Å². The van der Waals surface area contributed by atoms with E-state index >= 15 is 0 Å². The summed E-state index contributed by atoms with van der Waals surface area (Å²) in [5, 5.41) is 13.3. The normalized spacial score (nSPS) is 17.6. The number of thiophene rings is 1. The summed E-state index contributed by atoms with van der Waals surface area (Å²) in [7, 11) is 1.58. The van der Waals surface area contributed by atoms with E-state index in [0.29, 0.717) is 22.1 Å². The molecule has 0 saturated carbocycles. The molecular formula is C24H20ClNO5S. The molecule has 1 amide bonds. The number of likely N-dealkylation sites (tertiary alicyclic amines) is 1. The molecule has 0 spiro atoms. The predicted octanol–water partition coefficient (Wildman–Crippen LogP) is 4.91. The van der Waals surface area contributed by atoms with Gasteiger partial charge in [-0.1, -0.05) is 17.7 Å². The molecule has 32 heavy (non-hydrogen) atoms. The summed E-state index contributed by atoms with van der Waals surface area (Å²) in [6.45, 7) is 0.360. The minimum Gasteiger partial charge on any atom is -0.507 e. The first-order chi connectivity index (χ1) is 15.5. The largest absolute Gasteiger partial charge is 0.507 e. The summed E-state index contributed by atoms with van der Waals surface area (Å²) >= 11 is 7.35. The summed E-state index contributed by atoms with van der Waals surface area (Å²) in [6, 6.07) is 16.6. The van der Waals surface area contributed by atoms with Gasteiger partial charge >= 0.3 is 0 Å². The molecule has 0 aliphatic carbocycles. The molecule has 6 nitrogen and oxygen atoms in total. The maximum Gasteiger partial charge on any atom is 0.295 e. The lowest BCUT2D eigenvalue weighted by molar-refractivity contribution is -0.140. The van der Waals surface area contributed by atoms with Crippen molar-refractivity contribution in [1.29, 1.82) is 0 Å². The quantitative estimate of drug-likeness (QED) is 0.302. The Morgan fingerprint density at radius 2 is 1.75 bits per heavy atom. The molecule has 1 N–H and O–H groups in total. The van der Waals surface area contributed by atoms with E-state index in [0.717, 1.165) is 4.88 Å². The SMILES string of the molecule is COc1ccc(OCCN2C(=O)C(=O)/C(=C(\O)c3ccc(Cl)cc3)C2c2cccs2)cc1. The average Bonchev–Trinajstić information content (AvgIpc) is 3.42. The highest BCUT2D eigenvalue weighted by Gasteiger charge is 2.46. The number of methoxy groups -OCH3 is 1. The first-order valence-corrected chi connectivity index (χ1v) is 11.1. The Hall–Kier alpha value is -3.29. The van der Waals surface area contributed by atoms with Crippen LogP contribution in [-0.2, 0) is 9.59 Å². The van der Waals surface area contributed by atoms with E-state index in [1.165, 1.54) is 16.2 Å². The van der Waals surface area contributed by atoms with E-state index in [1.54, 1.807) is 55.6 Å². The lowest BCUT2D eigenvalue weighted by Crippen LogP contribution is -2.33. The molecule has 3 aromatic rings. The Morgan fingerprint density at radius 1 is 1.06 bits per heavy atom. The van der Waals surface area contributed by atoms with Gasteiger partial charge in [-0.15, -0.1) is 11.3 Å². The number of Topliss-reactive ketones (excluding diaryl/α,β-unsaturated/α-hetero) is 1. The summed E-state index contributed by atoms with van der Waals surface area (Å²) in [4.78, 5) is 28.0. The number of ether oxygens (including phenoxy) is 2. The highest BCUT2D eigenvalue weighted by atomic mass is 35.5. The Balaban J connectivity index is 1.61. The number of ketones is 1. The van der Waals surface area contributed by atoms with Crippen LogP contribution in [0.2, 0.25) is 5.02 Å². The van der Waals surface area contributed by atoms with Gasteiger partial charge in [-0.2, -0.15) is 0 Å². The highest BCUT2D eigenvalue weighted by Crippen LogP contribution is 2.41. The minimum atomic E-state index is -0.722. The van der Waals surface area contributed by atoms with Crippen molar-refractivity contribution in [2.75, 3.05) is 20.3 Å². The zero-order valence-corrected chi connectivity index (χ0v) is 18.7. The van der Waals surface area contributed by atoms with Crippen molar-refractivity contribution in [3.8, 4) is 11.5 Å². The van der Waals surface area contributed by atoms with Crippen LogP contribution in [0.25, 0.3) is 5.76 Å². The summed E-state index contributed by atoms with van der Waals surface area (Å²) in [5.41, 5.74) is 0.479. The maximum absolute atomic E-state index is 12.9. The van der Waals surface area contributed by atoms with E-state index < -0.39 is 17.7 Å². The molecule has 1 atom stereocenters. The van der Waals surface area contributed by atoms with Gasteiger partial charge in [0.25, 0.3) is 11.7 Å². The van der Waals surface area contributed by atoms with Gasteiger partial charge in [0, 0.05) is 15.5 Å². The average molecular weight is 470 g/mol. The van der Waals surface area contributed by atoms with Gasteiger partial charge in [0.15, 0.2) is 0 Å². The number of hydrogen-bond acceptors (Lipinski definition) is 6. The molecule has 164 valence electrons. The highest BCUT2D eigenvalue weighted by molar-refractivity contribution is 7.10. The molecule has 8 heteroatoms. The molecule has 2 aromatic carbocycles. The number of halogens is 1. The van der Waals surface area contributed by atoms with Crippen LogP contribution in [0, 0.1) is 0 Å². The molecule has 1 unspecified atom stereocenters. The van der Waals surface area contributed by atoms with Gasteiger partial charge in [0.2, 0.25) is 0 Å². The van der Waals surface area contributed by atoms with Crippen molar-refractivity contribution in [1.82, 2.24) is 4.90 Å². The molecule has 0 radical (unpaired) electrons. The number of amides is 1. The zero-order valence-electron chi connectivity index (χ0n) is 17.2. The number of aliphatic hydroxyl groups is 1. The first-order valence-electron chi connectivity index (χ1n) is 9.84. The first kappa shape index (κ1) is 21.9. The molecule has 1 saturated heterocycles. The smallest absolute Gasteiger partial charge is 0.295 e. The van der Waals surface area contributed by atoms with Crippen LogP contribution in [0.5, 0.6) is 11.5 Å². The van der Waals surface area contributed by atoms with Crippen molar-refractivity contribution < 1.29 is 24.2 Å². The third-order valence-electron chi connectivity index (χ3n) is 5.13. The van der Waals surface area contributed by atoms with Crippen LogP contribution in [0.15, 0.2) is 71.6 Å². The fourth-order valence-corrected chi connectivity index (χ4v) is 4.52. The van der Waals surface area contributed by atoms with Crippen LogP contribution in [0.3, 0.4) is 0 Å². The van der Waals surface area contributed by atoms with Crippen LogP contribution >= 0.6 is 22.9 Å². The minimum absolute atomic E-state index is 0.0595. The molecule has 4 rings (SSSR count). The second-order valence-corrected chi connectivity index (χ2v) is 8.45. The number of carbonyl (C=O) groups excluding carboxylic acids is 2. The topological polar surface area (TPSA) is 76.1 Å². The summed E-state index contributed by atoms with van der Waals surface area (Å²) in [6.07, 6.45) is 0. The standard InChI is InChI=1S/C24H20ClNO5S/c1-30-17-8-10-18(11-9-17)31-13-12-26-21(19-3-2-14-32-19)20(23(28)24(26)29)22(27)15-4-6-16(25)7-5-15/h2-11,14,21,27H,12-13H2,1H3/b22-20-. The molecular weight excluding hydrogens is 450 g/mol. The van der Waals surface area contributed by atoms with E-state index in [4.69, 9.17) is 21.1 Å². The van der Waals surface area contributed by atoms with Gasteiger partial charge in [-0.05, 0) is 60.0 Å². The molecule has 1 fully saturated rings. The van der Waals surface area contributed by atoms with Gasteiger partial charge in [0.1, 0.15) is 23.9 Å². The van der Waals surface area contributed by atoms with E-state index in [9.17, 15) is 14.7 Å². The number of carbonyl (C=O) groups is 2. The third-order valence-corrected chi connectivity index (χ3v) is 6.31. The van der Waals surface area contributed by atoms with Crippen LogP contribution in [0.1, 0.15) is 16.5 Å². The molecule has 0 bridgehead atoms. The Labute approximate surface area is 194 Å². The molecule has 1 aliphatic rings. The number of nitrogens with zero attached hydrogens (tertiary/aromatic N) is 1. The number of hydrogen-bond donors (Lipinski definition) is 1. The Bertz CT molecular complexity index is 1140. The van der Waals surface area contributed by atoms with E-state index in [1.807, 2.05) is 17.5 Å². The second-order valence-electron chi connectivity index (χ2n) is 7.04. The number of rotatable bonds is 7. The van der Waals surface area contributed by atoms with Gasteiger partial charge in [0.05, 0.1) is 25.3 Å². The second kappa shape index (κ2) is 9.46. The van der Waals surface area contributed by atoms with Crippen molar-refractivity contribution in [2.45, 2.75) is 6.04 Å². The monoisotopic (exact) mass is 469 g/mol. The van der Waals surface area contributed by atoms with E-state index in [2.05, 4.69) is 0 Å². The van der Waals surface area contributed by atoms with Crippen LogP contribution in [0.4, 0.5) is 0 Å². The Kier molecular flexibility index (Phi) is 6.48. The van der Waals surface area contributed by atoms with Crippen LogP contribution in [-0.4, -0.2) is 42.0 Å². The lowest BCUT2D eigenvalue weighted by Gasteiger charge is -2.24. The molecule has 1 aromatic heterocycles.